The van der Waals surface area contributed by atoms with Crippen LogP contribution in [0.5, 0.6) is 0 Å². The summed E-state index contributed by atoms with van der Waals surface area (Å²) in [4.78, 5) is 0. The number of rotatable bonds is 1. The van der Waals surface area contributed by atoms with E-state index in [0.29, 0.717) is 0 Å². The average molecular weight is 185 g/mol. The van der Waals surface area contributed by atoms with Gasteiger partial charge in [0.05, 0.1) is 4.21 Å². The Hall–Kier alpha value is -0.230. The van der Waals surface area contributed by atoms with Crippen molar-refractivity contribution < 1.29 is 13.2 Å². The van der Waals surface area contributed by atoms with Crippen LogP contribution in [-0.2, 0) is 0 Å². The summed E-state index contributed by atoms with van der Waals surface area (Å²) < 4.78 is 38.4. The molecule has 0 aliphatic carbocycles. The molecular weight excluding hydrogens is 183 g/mol. The number of hydrogen-bond donors (Lipinski definition) is 0. The van der Waals surface area contributed by atoms with Crippen molar-refractivity contribution >= 4 is 23.3 Å². The predicted octanol–water partition coefficient (Wildman–Crippen LogP) is 2.75. The molecule has 1 aromatic rings. The maximum atomic E-state index is 11.6. The van der Waals surface area contributed by atoms with Gasteiger partial charge in [0.2, 0.25) is 0 Å². The highest BCUT2D eigenvalue weighted by atomic mass is 32.2. The molecule has 0 aliphatic heterocycles. The Morgan fingerprint density at radius 2 is 2.20 bits per heavy atom. The zero-order valence-electron chi connectivity index (χ0n) is 4.55. The summed E-state index contributed by atoms with van der Waals surface area (Å²) in [5, 5.41) is 0. The Morgan fingerprint density at radius 3 is 2.60 bits per heavy atom. The van der Waals surface area contributed by atoms with Gasteiger partial charge in [-0.3, -0.25) is 0 Å². The molecule has 0 bridgehead atoms. The SMILES string of the molecule is FC(F)(F)Sc1ccns1. The first kappa shape index (κ1) is 7.87. The molecule has 0 N–H and O–H groups in total. The number of nitrogens with zero attached hydrogens (tertiary/aromatic N) is 1. The standard InChI is InChI=1S/C4H2F3NS2/c5-4(6,7)9-3-1-2-8-10-3/h1-2H. The molecule has 1 rings (SSSR count). The van der Waals surface area contributed by atoms with E-state index in [1.54, 1.807) is 0 Å². The van der Waals surface area contributed by atoms with Crippen LogP contribution in [0.2, 0.25) is 0 Å². The molecular formula is C4H2F3NS2. The van der Waals surface area contributed by atoms with Gasteiger partial charge in [-0.2, -0.15) is 13.2 Å². The molecule has 1 aromatic heterocycles. The van der Waals surface area contributed by atoms with Crippen molar-refractivity contribution in [2.45, 2.75) is 9.72 Å². The highest BCUT2D eigenvalue weighted by Gasteiger charge is 2.29. The fourth-order valence-corrected chi connectivity index (χ4v) is 1.64. The molecule has 0 atom stereocenters. The quantitative estimate of drug-likeness (QED) is 0.624. The van der Waals surface area contributed by atoms with E-state index in [1.165, 1.54) is 12.3 Å². The van der Waals surface area contributed by atoms with E-state index in [2.05, 4.69) is 4.37 Å². The second kappa shape index (κ2) is 2.79. The molecule has 6 heteroatoms. The monoisotopic (exact) mass is 185 g/mol. The number of aromatic nitrogens is 1. The lowest BCUT2D eigenvalue weighted by Crippen LogP contribution is -1.97. The van der Waals surface area contributed by atoms with Gasteiger partial charge in [-0.05, 0) is 29.4 Å². The molecule has 0 fully saturated rings. The normalized spacial score (nSPS) is 11.9. The third-order valence-corrected chi connectivity index (χ3v) is 2.22. The summed E-state index contributed by atoms with van der Waals surface area (Å²) in [6.07, 6.45) is 1.35. The van der Waals surface area contributed by atoms with Crippen molar-refractivity contribution in [3.8, 4) is 0 Å². The Morgan fingerprint density at radius 1 is 1.50 bits per heavy atom. The third-order valence-electron chi connectivity index (χ3n) is 0.630. The minimum absolute atomic E-state index is 0.137. The molecule has 0 aliphatic rings. The summed E-state index contributed by atoms with van der Waals surface area (Å²) in [5.74, 6) is 0. The van der Waals surface area contributed by atoms with Crippen LogP contribution in [0, 0.1) is 0 Å². The molecule has 1 heterocycles. The molecule has 0 saturated heterocycles. The fourth-order valence-electron chi connectivity index (χ4n) is 0.371. The lowest BCUT2D eigenvalue weighted by atomic mass is 10.8. The first-order chi connectivity index (χ1) is 4.58. The minimum Gasteiger partial charge on any atom is -0.200 e. The van der Waals surface area contributed by atoms with E-state index in [0.717, 1.165) is 11.5 Å². The second-order valence-corrected chi connectivity index (χ2v) is 3.58. The van der Waals surface area contributed by atoms with Crippen molar-refractivity contribution in [2.24, 2.45) is 0 Å². The number of thioether (sulfide) groups is 1. The highest BCUT2D eigenvalue weighted by molar-refractivity contribution is 8.01. The molecule has 0 radical (unpaired) electrons. The highest BCUT2D eigenvalue weighted by Crippen LogP contribution is 2.38. The van der Waals surface area contributed by atoms with Crippen LogP contribution in [-0.4, -0.2) is 9.88 Å². The zero-order valence-corrected chi connectivity index (χ0v) is 6.19. The summed E-state index contributed by atoms with van der Waals surface area (Å²) in [5.41, 5.74) is -4.19. The average Bonchev–Trinajstić information content (AvgIpc) is 2.12. The number of halogens is 3. The summed E-state index contributed by atoms with van der Waals surface area (Å²) in [6.45, 7) is 0. The summed E-state index contributed by atoms with van der Waals surface area (Å²) in [7, 11) is 0. The van der Waals surface area contributed by atoms with Gasteiger partial charge in [-0.15, -0.1) is 0 Å². The van der Waals surface area contributed by atoms with Crippen molar-refractivity contribution in [1.29, 1.82) is 0 Å². The smallest absolute Gasteiger partial charge is 0.200 e. The minimum atomic E-state index is -4.19. The van der Waals surface area contributed by atoms with E-state index < -0.39 is 5.51 Å². The molecule has 0 spiro atoms. The summed E-state index contributed by atoms with van der Waals surface area (Å²) >= 11 is 0.706. The molecule has 10 heavy (non-hydrogen) atoms. The lowest BCUT2D eigenvalue weighted by molar-refractivity contribution is -0.0326. The Kier molecular flexibility index (Phi) is 2.20. The first-order valence-corrected chi connectivity index (χ1v) is 3.83. The van der Waals surface area contributed by atoms with Crippen molar-refractivity contribution in [3.63, 3.8) is 0 Å². The molecule has 0 saturated carbocycles. The maximum Gasteiger partial charge on any atom is 0.447 e. The molecule has 56 valence electrons. The topological polar surface area (TPSA) is 12.9 Å². The van der Waals surface area contributed by atoms with E-state index in [4.69, 9.17) is 0 Å². The third kappa shape index (κ3) is 2.57. The molecule has 0 unspecified atom stereocenters. The maximum absolute atomic E-state index is 11.6. The summed E-state index contributed by atoms with van der Waals surface area (Å²) in [6, 6.07) is 1.34. The van der Waals surface area contributed by atoms with Crippen LogP contribution in [0.3, 0.4) is 0 Å². The van der Waals surface area contributed by atoms with Crippen LogP contribution >= 0.6 is 23.3 Å². The van der Waals surface area contributed by atoms with E-state index in [-0.39, 0.29) is 16.0 Å². The van der Waals surface area contributed by atoms with Gasteiger partial charge in [0.25, 0.3) is 0 Å². The Balaban J connectivity index is 2.57. The predicted molar refractivity (Wildman–Crippen MR) is 34.0 cm³/mol. The number of hydrogen-bond acceptors (Lipinski definition) is 3. The van der Waals surface area contributed by atoms with Crippen LogP contribution in [0.25, 0.3) is 0 Å². The van der Waals surface area contributed by atoms with Crippen molar-refractivity contribution in [1.82, 2.24) is 4.37 Å². The van der Waals surface area contributed by atoms with Gasteiger partial charge in [-0.25, -0.2) is 4.37 Å². The van der Waals surface area contributed by atoms with E-state index in [9.17, 15) is 13.2 Å². The lowest BCUT2D eigenvalue weighted by Gasteiger charge is -2.00. The zero-order chi connectivity index (χ0) is 7.61. The van der Waals surface area contributed by atoms with Gasteiger partial charge in [0.15, 0.2) is 0 Å². The van der Waals surface area contributed by atoms with E-state index in [1.807, 2.05) is 0 Å². The van der Waals surface area contributed by atoms with Crippen molar-refractivity contribution in [3.05, 3.63) is 12.3 Å². The van der Waals surface area contributed by atoms with E-state index >= 15 is 0 Å². The van der Waals surface area contributed by atoms with Gasteiger partial charge in [0.1, 0.15) is 0 Å². The van der Waals surface area contributed by atoms with Crippen LogP contribution in [0.4, 0.5) is 13.2 Å². The number of alkyl halides is 3. The largest absolute Gasteiger partial charge is 0.447 e. The molecule has 0 aromatic carbocycles. The molecule has 1 nitrogen and oxygen atoms in total. The van der Waals surface area contributed by atoms with Crippen LogP contribution < -0.4 is 0 Å². The van der Waals surface area contributed by atoms with Gasteiger partial charge in [0, 0.05) is 6.20 Å². The van der Waals surface area contributed by atoms with Crippen LogP contribution in [0.15, 0.2) is 16.5 Å². The Labute approximate surface area is 63.4 Å². The van der Waals surface area contributed by atoms with Gasteiger partial charge >= 0.3 is 5.51 Å². The second-order valence-electron chi connectivity index (χ2n) is 1.38. The molecule has 0 amide bonds. The van der Waals surface area contributed by atoms with Crippen molar-refractivity contribution in [2.75, 3.05) is 0 Å². The first-order valence-electron chi connectivity index (χ1n) is 2.24. The fraction of sp³-hybridized carbons (Fsp3) is 0.250. The Bertz CT molecular complexity index is 193. The van der Waals surface area contributed by atoms with Crippen LogP contribution in [0.1, 0.15) is 0 Å². The van der Waals surface area contributed by atoms with Gasteiger partial charge in [-0.1, -0.05) is 0 Å². The van der Waals surface area contributed by atoms with Gasteiger partial charge < -0.3 is 0 Å².